The standard InChI is InChI=1S/C31H24N2O2/c1-21-16-18-24(19-17-21)30(34)33-29(20-25-12-6-10-22-8-2-4-13-26(22)25)31(35)32-28-15-7-11-23-9-3-5-14-27(23)28/h2-20H,1H3,(H,32,35)(H,33,34)/b29-20+. The Hall–Kier alpha value is -4.70. The number of benzene rings is 5. The highest BCUT2D eigenvalue weighted by Gasteiger charge is 2.16. The molecule has 35 heavy (non-hydrogen) atoms. The van der Waals surface area contributed by atoms with Crippen LogP contribution < -0.4 is 10.6 Å². The Balaban J connectivity index is 1.54. The quantitative estimate of drug-likeness (QED) is 0.289. The largest absolute Gasteiger partial charge is 0.320 e. The molecule has 0 aromatic heterocycles. The van der Waals surface area contributed by atoms with Crippen molar-refractivity contribution in [1.82, 2.24) is 5.32 Å². The fourth-order valence-corrected chi connectivity index (χ4v) is 4.11. The van der Waals surface area contributed by atoms with Gasteiger partial charge < -0.3 is 10.6 Å². The minimum absolute atomic E-state index is 0.167. The molecule has 0 unspecified atom stereocenters. The topological polar surface area (TPSA) is 58.2 Å². The van der Waals surface area contributed by atoms with Crippen LogP contribution in [0, 0.1) is 6.92 Å². The molecule has 4 heteroatoms. The molecule has 5 aromatic rings. The van der Waals surface area contributed by atoms with E-state index in [1.165, 1.54) is 0 Å². The van der Waals surface area contributed by atoms with E-state index in [0.717, 1.165) is 32.7 Å². The summed E-state index contributed by atoms with van der Waals surface area (Å²) in [5, 5.41) is 9.84. The lowest BCUT2D eigenvalue weighted by Crippen LogP contribution is -2.30. The molecule has 2 N–H and O–H groups in total. The van der Waals surface area contributed by atoms with Gasteiger partial charge in [-0.25, -0.2) is 0 Å². The average Bonchev–Trinajstić information content (AvgIpc) is 2.89. The number of amides is 2. The van der Waals surface area contributed by atoms with Gasteiger partial charge in [-0.3, -0.25) is 9.59 Å². The van der Waals surface area contributed by atoms with Gasteiger partial charge in [0.15, 0.2) is 0 Å². The summed E-state index contributed by atoms with van der Waals surface area (Å²) in [6, 6.07) is 34.7. The summed E-state index contributed by atoms with van der Waals surface area (Å²) in [5.74, 6) is -0.737. The third kappa shape index (κ3) is 4.82. The van der Waals surface area contributed by atoms with Gasteiger partial charge in [-0.1, -0.05) is 96.6 Å². The molecule has 0 radical (unpaired) electrons. The van der Waals surface area contributed by atoms with Crippen LogP contribution in [0.1, 0.15) is 21.5 Å². The highest BCUT2D eigenvalue weighted by Crippen LogP contribution is 2.25. The molecular formula is C31H24N2O2. The highest BCUT2D eigenvalue weighted by molar-refractivity contribution is 6.14. The number of hydrogen-bond acceptors (Lipinski definition) is 2. The summed E-state index contributed by atoms with van der Waals surface area (Å²) in [6.45, 7) is 1.96. The van der Waals surface area contributed by atoms with Crippen molar-refractivity contribution in [3.63, 3.8) is 0 Å². The Morgan fingerprint density at radius 1 is 0.657 bits per heavy atom. The fraction of sp³-hybridized carbons (Fsp3) is 0.0323. The second kappa shape index (κ2) is 9.65. The van der Waals surface area contributed by atoms with Crippen LogP contribution in [-0.2, 0) is 4.79 Å². The van der Waals surface area contributed by atoms with Crippen LogP contribution in [-0.4, -0.2) is 11.8 Å². The SMILES string of the molecule is Cc1ccc(C(=O)N/C(=C/c2cccc3ccccc23)C(=O)Nc2cccc3ccccc23)cc1. The summed E-state index contributed by atoms with van der Waals surface area (Å²) in [5.41, 5.74) is 3.23. The number of hydrogen-bond donors (Lipinski definition) is 2. The van der Waals surface area contributed by atoms with Crippen LogP contribution in [0.2, 0.25) is 0 Å². The van der Waals surface area contributed by atoms with Gasteiger partial charge in [-0.05, 0) is 52.9 Å². The smallest absolute Gasteiger partial charge is 0.272 e. The van der Waals surface area contributed by atoms with Crippen LogP contribution >= 0.6 is 0 Å². The van der Waals surface area contributed by atoms with E-state index >= 15 is 0 Å². The minimum atomic E-state index is -0.394. The zero-order chi connectivity index (χ0) is 24.2. The molecule has 5 aromatic carbocycles. The Labute approximate surface area is 203 Å². The van der Waals surface area contributed by atoms with Gasteiger partial charge in [-0.15, -0.1) is 0 Å². The van der Waals surface area contributed by atoms with Crippen molar-refractivity contribution in [1.29, 1.82) is 0 Å². The molecule has 0 aliphatic heterocycles. The van der Waals surface area contributed by atoms with Gasteiger partial charge in [0.2, 0.25) is 0 Å². The molecule has 0 bridgehead atoms. The van der Waals surface area contributed by atoms with Crippen molar-refractivity contribution in [2.24, 2.45) is 0 Å². The van der Waals surface area contributed by atoms with Crippen LogP contribution in [0.15, 0.2) is 115 Å². The van der Waals surface area contributed by atoms with Crippen molar-refractivity contribution >= 4 is 45.1 Å². The van der Waals surface area contributed by atoms with Gasteiger partial charge in [0.1, 0.15) is 5.70 Å². The molecule has 0 aliphatic carbocycles. The van der Waals surface area contributed by atoms with Crippen molar-refractivity contribution in [3.8, 4) is 0 Å². The molecule has 4 nitrogen and oxygen atoms in total. The fourth-order valence-electron chi connectivity index (χ4n) is 4.11. The number of aryl methyl sites for hydroxylation is 1. The third-order valence-electron chi connectivity index (χ3n) is 5.97. The maximum atomic E-state index is 13.5. The molecular weight excluding hydrogens is 432 g/mol. The van der Waals surface area contributed by atoms with Crippen molar-refractivity contribution < 1.29 is 9.59 Å². The van der Waals surface area contributed by atoms with Gasteiger partial charge >= 0.3 is 0 Å². The Morgan fingerprint density at radius 3 is 2.00 bits per heavy atom. The van der Waals surface area contributed by atoms with E-state index in [0.29, 0.717) is 11.3 Å². The molecule has 0 spiro atoms. The van der Waals surface area contributed by atoms with Crippen LogP contribution in [0.3, 0.4) is 0 Å². The van der Waals surface area contributed by atoms with E-state index in [-0.39, 0.29) is 11.6 Å². The Bertz CT molecular complexity index is 1570. The van der Waals surface area contributed by atoms with Crippen LogP contribution in [0.4, 0.5) is 5.69 Å². The molecule has 0 saturated heterocycles. The van der Waals surface area contributed by atoms with E-state index in [2.05, 4.69) is 10.6 Å². The average molecular weight is 457 g/mol. The first kappa shape index (κ1) is 22.1. The second-order valence-corrected chi connectivity index (χ2v) is 8.43. The van der Waals surface area contributed by atoms with E-state index in [1.54, 1.807) is 18.2 Å². The molecule has 0 saturated carbocycles. The molecule has 0 atom stereocenters. The number of nitrogens with one attached hydrogen (secondary N) is 2. The first-order chi connectivity index (χ1) is 17.1. The van der Waals surface area contributed by atoms with Crippen LogP contribution in [0.5, 0.6) is 0 Å². The van der Waals surface area contributed by atoms with Gasteiger partial charge in [0.05, 0.1) is 0 Å². The van der Waals surface area contributed by atoms with Crippen molar-refractivity contribution in [3.05, 3.63) is 132 Å². The summed E-state index contributed by atoms with van der Waals surface area (Å²) in [4.78, 5) is 26.6. The lowest BCUT2D eigenvalue weighted by Gasteiger charge is -2.13. The number of carbonyl (C=O) groups is 2. The molecule has 2 amide bonds. The van der Waals surface area contributed by atoms with E-state index in [4.69, 9.17) is 0 Å². The zero-order valence-electron chi connectivity index (χ0n) is 19.3. The van der Waals surface area contributed by atoms with Gasteiger partial charge in [0.25, 0.3) is 11.8 Å². The number of fused-ring (bicyclic) bond motifs is 2. The van der Waals surface area contributed by atoms with Gasteiger partial charge in [0, 0.05) is 16.6 Å². The third-order valence-corrected chi connectivity index (χ3v) is 5.97. The second-order valence-electron chi connectivity index (χ2n) is 8.43. The molecule has 0 fully saturated rings. The van der Waals surface area contributed by atoms with E-state index in [1.807, 2.05) is 104 Å². The predicted octanol–water partition coefficient (Wildman–Crippen LogP) is 6.71. The maximum Gasteiger partial charge on any atom is 0.272 e. The van der Waals surface area contributed by atoms with Crippen molar-refractivity contribution in [2.75, 3.05) is 5.32 Å². The summed E-state index contributed by atoms with van der Waals surface area (Å²) in [7, 11) is 0. The summed E-state index contributed by atoms with van der Waals surface area (Å²) >= 11 is 0. The first-order valence-electron chi connectivity index (χ1n) is 11.4. The molecule has 5 rings (SSSR count). The summed E-state index contributed by atoms with van der Waals surface area (Å²) in [6.07, 6.45) is 1.73. The maximum absolute atomic E-state index is 13.5. The molecule has 0 aliphatic rings. The van der Waals surface area contributed by atoms with Crippen LogP contribution in [0.25, 0.3) is 27.6 Å². The Kier molecular flexibility index (Phi) is 6.10. The number of carbonyl (C=O) groups excluding carboxylic acids is 2. The number of rotatable bonds is 5. The number of anilines is 1. The Morgan fingerprint density at radius 2 is 1.26 bits per heavy atom. The minimum Gasteiger partial charge on any atom is -0.320 e. The highest BCUT2D eigenvalue weighted by atomic mass is 16.2. The lowest BCUT2D eigenvalue weighted by molar-refractivity contribution is -0.113. The molecule has 0 heterocycles. The monoisotopic (exact) mass is 456 g/mol. The van der Waals surface area contributed by atoms with Crippen molar-refractivity contribution in [2.45, 2.75) is 6.92 Å². The predicted molar refractivity (Wildman–Crippen MR) is 143 cm³/mol. The van der Waals surface area contributed by atoms with Gasteiger partial charge in [-0.2, -0.15) is 0 Å². The summed E-state index contributed by atoms with van der Waals surface area (Å²) < 4.78 is 0. The zero-order valence-corrected chi connectivity index (χ0v) is 19.3. The normalized spacial score (nSPS) is 11.4. The first-order valence-corrected chi connectivity index (χ1v) is 11.4. The lowest BCUT2D eigenvalue weighted by atomic mass is 10.0. The van der Waals surface area contributed by atoms with E-state index < -0.39 is 5.91 Å². The molecule has 170 valence electrons. The van der Waals surface area contributed by atoms with E-state index in [9.17, 15) is 9.59 Å².